The van der Waals surface area contributed by atoms with E-state index in [0.29, 0.717) is 17.7 Å². The topological polar surface area (TPSA) is 33.5 Å². The fourth-order valence-corrected chi connectivity index (χ4v) is 3.37. The number of nitrogens with zero attached hydrogens (tertiary/aromatic N) is 1. The highest BCUT2D eigenvalue weighted by Crippen LogP contribution is 2.36. The van der Waals surface area contributed by atoms with Gasteiger partial charge in [0.15, 0.2) is 0 Å². The zero-order valence-corrected chi connectivity index (χ0v) is 15.4. The lowest BCUT2D eigenvalue weighted by molar-refractivity contribution is -0.143. The molecule has 0 aliphatic carbocycles. The van der Waals surface area contributed by atoms with E-state index in [1.165, 1.54) is 28.8 Å². The molecule has 0 spiro atoms. The fraction of sp³-hybridized carbons (Fsp3) is 0.211. The standard InChI is InChI=1S/C19H13F6NO2S/c20-18(21,22)14-6-13(7-15(8-14)19(23,24)25)17(27)26(9-12-3-4-28-11-12)10-16-2-1-5-29-16/h1-8,11H,9-10H2. The highest BCUT2D eigenvalue weighted by molar-refractivity contribution is 7.09. The molecule has 3 nitrogen and oxygen atoms in total. The quantitative estimate of drug-likeness (QED) is 0.448. The van der Waals surface area contributed by atoms with Crippen LogP contribution in [-0.4, -0.2) is 10.8 Å². The fourth-order valence-electron chi connectivity index (χ4n) is 2.65. The summed E-state index contributed by atoms with van der Waals surface area (Å²) in [5, 5.41) is 1.75. The largest absolute Gasteiger partial charge is 0.472 e. The Morgan fingerprint density at radius 3 is 2.10 bits per heavy atom. The Balaban J connectivity index is 2.01. The summed E-state index contributed by atoms with van der Waals surface area (Å²) in [6.07, 6.45) is -7.35. The molecule has 0 atom stereocenters. The van der Waals surface area contributed by atoms with Crippen LogP contribution in [-0.2, 0) is 25.4 Å². The molecule has 10 heteroatoms. The Kier molecular flexibility index (Phi) is 5.74. The van der Waals surface area contributed by atoms with E-state index in [4.69, 9.17) is 4.42 Å². The molecule has 0 fully saturated rings. The van der Waals surface area contributed by atoms with Gasteiger partial charge >= 0.3 is 12.4 Å². The van der Waals surface area contributed by atoms with Gasteiger partial charge in [-0.1, -0.05) is 6.07 Å². The molecule has 3 aromatic rings. The lowest BCUT2D eigenvalue weighted by atomic mass is 10.0. The number of amides is 1. The molecule has 0 aliphatic rings. The molecule has 3 rings (SSSR count). The van der Waals surface area contributed by atoms with Crippen LogP contribution in [0.15, 0.2) is 58.7 Å². The third-order valence-electron chi connectivity index (χ3n) is 4.00. The van der Waals surface area contributed by atoms with E-state index >= 15 is 0 Å². The van der Waals surface area contributed by atoms with Gasteiger partial charge in [0.2, 0.25) is 0 Å². The Bertz CT molecular complexity index is 893. The number of halogens is 6. The Hall–Kier alpha value is -2.75. The highest BCUT2D eigenvalue weighted by atomic mass is 32.1. The normalized spacial score (nSPS) is 12.2. The highest BCUT2D eigenvalue weighted by Gasteiger charge is 2.38. The van der Waals surface area contributed by atoms with Gasteiger partial charge in [0.1, 0.15) is 0 Å². The van der Waals surface area contributed by atoms with Gasteiger partial charge in [-0.05, 0) is 35.7 Å². The molecule has 0 saturated carbocycles. The minimum Gasteiger partial charge on any atom is -0.472 e. The van der Waals surface area contributed by atoms with Gasteiger partial charge in [0.05, 0.1) is 30.2 Å². The van der Waals surface area contributed by atoms with E-state index in [9.17, 15) is 31.1 Å². The Morgan fingerprint density at radius 2 is 1.62 bits per heavy atom. The lowest BCUT2D eigenvalue weighted by Gasteiger charge is -2.23. The van der Waals surface area contributed by atoms with Crippen LogP contribution < -0.4 is 0 Å². The van der Waals surface area contributed by atoms with Crippen LogP contribution in [0.1, 0.15) is 31.9 Å². The van der Waals surface area contributed by atoms with E-state index in [2.05, 4.69) is 0 Å². The third-order valence-corrected chi connectivity index (χ3v) is 4.86. The summed E-state index contributed by atoms with van der Waals surface area (Å²) in [6, 6.07) is 5.88. The summed E-state index contributed by atoms with van der Waals surface area (Å²) in [5.41, 5.74) is -3.20. The van der Waals surface area contributed by atoms with Crippen molar-refractivity contribution in [3.8, 4) is 0 Å². The maximum Gasteiger partial charge on any atom is 0.416 e. The van der Waals surface area contributed by atoms with Crippen LogP contribution in [0.4, 0.5) is 26.3 Å². The molecule has 1 aromatic carbocycles. The average Bonchev–Trinajstić information content (AvgIpc) is 3.32. The van der Waals surface area contributed by atoms with Gasteiger partial charge in [-0.2, -0.15) is 26.3 Å². The van der Waals surface area contributed by atoms with Gasteiger partial charge in [0.25, 0.3) is 5.91 Å². The van der Waals surface area contributed by atoms with Gasteiger partial charge in [-0.15, -0.1) is 11.3 Å². The van der Waals surface area contributed by atoms with Crippen molar-refractivity contribution in [3.63, 3.8) is 0 Å². The predicted molar refractivity (Wildman–Crippen MR) is 93.1 cm³/mol. The summed E-state index contributed by atoms with van der Waals surface area (Å²) in [5.74, 6) is -0.948. The Labute approximate surface area is 165 Å². The van der Waals surface area contributed by atoms with Crippen molar-refractivity contribution in [1.82, 2.24) is 4.90 Å². The number of benzene rings is 1. The molecule has 0 saturated heterocycles. The van der Waals surface area contributed by atoms with Crippen LogP contribution in [0, 0.1) is 0 Å². The number of hydrogen-bond donors (Lipinski definition) is 0. The molecule has 0 radical (unpaired) electrons. The van der Waals surface area contributed by atoms with Crippen molar-refractivity contribution >= 4 is 17.2 Å². The van der Waals surface area contributed by atoms with Crippen LogP contribution in [0.25, 0.3) is 0 Å². The first-order valence-electron chi connectivity index (χ1n) is 8.16. The summed E-state index contributed by atoms with van der Waals surface area (Å²) in [4.78, 5) is 14.8. The zero-order valence-electron chi connectivity index (χ0n) is 14.6. The van der Waals surface area contributed by atoms with Crippen molar-refractivity contribution in [1.29, 1.82) is 0 Å². The first-order valence-corrected chi connectivity index (χ1v) is 9.04. The number of hydrogen-bond acceptors (Lipinski definition) is 3. The maximum absolute atomic E-state index is 13.1. The number of furan rings is 1. The smallest absolute Gasteiger partial charge is 0.416 e. The Morgan fingerprint density at radius 1 is 0.966 bits per heavy atom. The van der Waals surface area contributed by atoms with Crippen LogP contribution >= 0.6 is 11.3 Å². The number of alkyl halides is 6. The van der Waals surface area contributed by atoms with Gasteiger partial charge in [-0.3, -0.25) is 4.79 Å². The summed E-state index contributed by atoms with van der Waals surface area (Å²) < 4.78 is 83.6. The monoisotopic (exact) mass is 433 g/mol. The molecule has 2 aromatic heterocycles. The molecule has 29 heavy (non-hydrogen) atoms. The molecule has 2 heterocycles. The van der Waals surface area contributed by atoms with Crippen LogP contribution in [0.2, 0.25) is 0 Å². The molecule has 0 bridgehead atoms. The van der Waals surface area contributed by atoms with Crippen LogP contribution in [0.5, 0.6) is 0 Å². The molecule has 0 N–H and O–H groups in total. The van der Waals surface area contributed by atoms with Gasteiger partial charge in [-0.25, -0.2) is 0 Å². The molecule has 154 valence electrons. The maximum atomic E-state index is 13.1. The second-order valence-corrected chi connectivity index (χ2v) is 7.20. The minimum absolute atomic E-state index is 0.00351. The molecular formula is C19H13F6NO2S. The number of carbonyl (C=O) groups is 1. The molecule has 0 unspecified atom stereocenters. The SMILES string of the molecule is O=C(c1cc(C(F)(F)F)cc(C(F)(F)F)c1)N(Cc1ccoc1)Cc1cccs1. The van der Waals surface area contributed by atoms with E-state index in [1.54, 1.807) is 23.6 Å². The van der Waals surface area contributed by atoms with E-state index in [0.717, 1.165) is 4.88 Å². The first kappa shape index (κ1) is 21.0. The predicted octanol–water partition coefficient (Wildman–Crippen LogP) is 6.22. The van der Waals surface area contributed by atoms with Crippen molar-refractivity contribution in [2.24, 2.45) is 0 Å². The molecule has 0 aliphatic heterocycles. The minimum atomic E-state index is -5.03. The summed E-state index contributed by atoms with van der Waals surface area (Å²) in [6.45, 7) is -0.00981. The second kappa shape index (κ2) is 7.94. The van der Waals surface area contributed by atoms with E-state index < -0.39 is 35.0 Å². The van der Waals surface area contributed by atoms with Crippen molar-refractivity contribution in [2.45, 2.75) is 25.4 Å². The zero-order chi connectivity index (χ0) is 21.2. The second-order valence-electron chi connectivity index (χ2n) is 6.17. The average molecular weight is 433 g/mol. The number of carbonyl (C=O) groups excluding carboxylic acids is 1. The first-order chi connectivity index (χ1) is 13.5. The number of thiophene rings is 1. The molecular weight excluding hydrogens is 420 g/mol. The van der Waals surface area contributed by atoms with E-state index in [-0.39, 0.29) is 19.2 Å². The summed E-state index contributed by atoms with van der Waals surface area (Å²) in [7, 11) is 0. The molecule has 1 amide bonds. The van der Waals surface area contributed by atoms with Gasteiger partial charge in [0, 0.05) is 22.5 Å². The summed E-state index contributed by atoms with van der Waals surface area (Å²) >= 11 is 1.31. The van der Waals surface area contributed by atoms with Crippen molar-refractivity contribution in [3.05, 3.63) is 81.4 Å². The lowest BCUT2D eigenvalue weighted by Crippen LogP contribution is -2.30. The van der Waals surface area contributed by atoms with E-state index in [1.807, 2.05) is 0 Å². The van der Waals surface area contributed by atoms with Crippen molar-refractivity contribution in [2.75, 3.05) is 0 Å². The van der Waals surface area contributed by atoms with Crippen LogP contribution in [0.3, 0.4) is 0 Å². The van der Waals surface area contributed by atoms with Crippen molar-refractivity contribution < 1.29 is 35.6 Å². The third kappa shape index (κ3) is 5.20. The number of rotatable bonds is 5. The van der Waals surface area contributed by atoms with Gasteiger partial charge < -0.3 is 9.32 Å².